The van der Waals surface area contributed by atoms with Gasteiger partial charge in [-0.25, -0.2) is 0 Å². The maximum Gasteiger partial charge on any atom is 0.158 e. The minimum absolute atomic E-state index is 0.119. The predicted octanol–water partition coefficient (Wildman–Crippen LogP) is 1.89. The second kappa shape index (κ2) is 6.15. The summed E-state index contributed by atoms with van der Waals surface area (Å²) in [5, 5.41) is 4.38. The fraction of sp³-hybridized carbons (Fsp3) is 0.636. The van der Waals surface area contributed by atoms with Crippen molar-refractivity contribution in [2.75, 3.05) is 13.7 Å². The molecule has 0 amide bonds. The number of nitrogens with zero attached hydrogens (tertiary/aromatic N) is 2. The van der Waals surface area contributed by atoms with Crippen molar-refractivity contribution in [1.82, 2.24) is 9.78 Å². The molecule has 4 nitrogen and oxygen atoms in total. The minimum atomic E-state index is 0.119. The number of Topliss-reactive ketones (excluding diaryl/α,β-unsaturated/α-hetero) is 1. The number of hydrogen-bond acceptors (Lipinski definition) is 3. The Morgan fingerprint density at radius 2 is 2.25 bits per heavy atom. The summed E-state index contributed by atoms with van der Waals surface area (Å²) in [6.07, 6.45) is 2.09. The van der Waals surface area contributed by atoms with E-state index < -0.39 is 0 Å². The Bertz CT molecular complexity index is 374. The van der Waals surface area contributed by atoms with Crippen molar-refractivity contribution in [3.8, 4) is 0 Å². The van der Waals surface area contributed by atoms with Gasteiger partial charge in [-0.2, -0.15) is 5.10 Å². The zero-order valence-electron chi connectivity index (χ0n) is 9.92. The fourth-order valence-electron chi connectivity index (χ4n) is 1.58. The molecule has 1 heterocycles. The van der Waals surface area contributed by atoms with Gasteiger partial charge in [-0.15, -0.1) is 0 Å². The molecule has 90 valence electrons. The standard InChI is InChI=1S/C11H17BrN2O2/c1-4-9-11(12)10(14(2)13-9)6-5-8(15)7-16-3/h4-7H2,1-3H3. The van der Waals surface area contributed by atoms with Crippen LogP contribution >= 0.6 is 15.9 Å². The van der Waals surface area contributed by atoms with Crippen LogP contribution in [-0.2, 0) is 29.4 Å². The molecule has 0 bridgehead atoms. The molecule has 0 aromatic carbocycles. The molecule has 1 rings (SSSR count). The zero-order valence-corrected chi connectivity index (χ0v) is 11.5. The Kier molecular flexibility index (Phi) is 5.15. The number of ether oxygens (including phenoxy) is 1. The van der Waals surface area contributed by atoms with Crippen molar-refractivity contribution in [2.45, 2.75) is 26.2 Å². The van der Waals surface area contributed by atoms with E-state index in [9.17, 15) is 4.79 Å². The van der Waals surface area contributed by atoms with Crippen LogP contribution in [0.1, 0.15) is 24.7 Å². The molecule has 0 aliphatic carbocycles. The third-order valence-corrected chi connectivity index (χ3v) is 3.36. The number of rotatable bonds is 6. The number of halogens is 1. The molecular weight excluding hydrogens is 272 g/mol. The molecule has 0 aliphatic heterocycles. The van der Waals surface area contributed by atoms with Crippen LogP contribution in [0.25, 0.3) is 0 Å². The van der Waals surface area contributed by atoms with Gasteiger partial charge in [0, 0.05) is 20.6 Å². The molecule has 0 unspecified atom stereocenters. The average Bonchev–Trinajstić information content (AvgIpc) is 2.52. The lowest BCUT2D eigenvalue weighted by atomic mass is 10.1. The largest absolute Gasteiger partial charge is 0.377 e. The van der Waals surface area contributed by atoms with Gasteiger partial charge >= 0.3 is 0 Å². The molecule has 0 saturated carbocycles. The lowest BCUT2D eigenvalue weighted by molar-refractivity contribution is -0.122. The van der Waals surface area contributed by atoms with Crippen LogP contribution in [-0.4, -0.2) is 29.3 Å². The van der Waals surface area contributed by atoms with Gasteiger partial charge < -0.3 is 4.74 Å². The summed E-state index contributed by atoms with van der Waals surface area (Å²) in [7, 11) is 3.44. The summed E-state index contributed by atoms with van der Waals surface area (Å²) < 4.78 is 7.66. The molecule has 16 heavy (non-hydrogen) atoms. The second-order valence-electron chi connectivity index (χ2n) is 3.66. The van der Waals surface area contributed by atoms with E-state index in [0.29, 0.717) is 12.8 Å². The van der Waals surface area contributed by atoms with Crippen LogP contribution < -0.4 is 0 Å². The van der Waals surface area contributed by atoms with E-state index in [-0.39, 0.29) is 12.4 Å². The lowest BCUT2D eigenvalue weighted by Crippen LogP contribution is -2.09. The highest BCUT2D eigenvalue weighted by molar-refractivity contribution is 9.10. The highest BCUT2D eigenvalue weighted by atomic mass is 79.9. The molecule has 0 N–H and O–H groups in total. The lowest BCUT2D eigenvalue weighted by Gasteiger charge is -2.02. The fourth-order valence-corrected chi connectivity index (χ4v) is 2.40. The highest BCUT2D eigenvalue weighted by Crippen LogP contribution is 2.22. The number of carbonyl (C=O) groups excluding carboxylic acids is 1. The van der Waals surface area contributed by atoms with Crippen molar-refractivity contribution in [2.24, 2.45) is 7.05 Å². The first-order valence-corrected chi connectivity index (χ1v) is 6.10. The van der Waals surface area contributed by atoms with Gasteiger partial charge in [-0.05, 0) is 28.8 Å². The summed E-state index contributed by atoms with van der Waals surface area (Å²) in [6, 6.07) is 0. The third-order valence-electron chi connectivity index (χ3n) is 2.45. The number of hydrogen-bond donors (Lipinski definition) is 0. The summed E-state index contributed by atoms with van der Waals surface area (Å²) in [5.41, 5.74) is 2.11. The minimum Gasteiger partial charge on any atom is -0.377 e. The molecular formula is C11H17BrN2O2. The average molecular weight is 289 g/mol. The van der Waals surface area contributed by atoms with Gasteiger partial charge in [-0.1, -0.05) is 6.92 Å². The summed E-state index contributed by atoms with van der Waals surface area (Å²) in [6.45, 7) is 2.25. The summed E-state index contributed by atoms with van der Waals surface area (Å²) >= 11 is 3.53. The van der Waals surface area contributed by atoms with E-state index in [0.717, 1.165) is 22.3 Å². The van der Waals surface area contributed by atoms with Crippen molar-refractivity contribution in [3.63, 3.8) is 0 Å². The first-order valence-electron chi connectivity index (χ1n) is 5.31. The van der Waals surface area contributed by atoms with Crippen molar-refractivity contribution < 1.29 is 9.53 Å². The smallest absolute Gasteiger partial charge is 0.158 e. The molecule has 0 radical (unpaired) electrons. The van der Waals surface area contributed by atoms with Gasteiger partial charge in [0.1, 0.15) is 6.61 Å². The van der Waals surface area contributed by atoms with Crippen LogP contribution in [0.5, 0.6) is 0 Å². The molecule has 5 heteroatoms. The summed E-state index contributed by atoms with van der Waals surface area (Å²) in [5.74, 6) is 0.119. The van der Waals surface area contributed by atoms with Gasteiger partial charge in [0.25, 0.3) is 0 Å². The molecule has 1 aromatic rings. The first kappa shape index (κ1) is 13.4. The monoisotopic (exact) mass is 288 g/mol. The maximum absolute atomic E-state index is 11.3. The third kappa shape index (κ3) is 3.15. The number of aryl methyl sites for hydroxylation is 2. The second-order valence-corrected chi connectivity index (χ2v) is 4.45. The van der Waals surface area contributed by atoms with Gasteiger partial charge in [0.15, 0.2) is 5.78 Å². The van der Waals surface area contributed by atoms with Crippen LogP contribution in [0, 0.1) is 0 Å². The molecule has 0 spiro atoms. The Morgan fingerprint density at radius 3 is 2.75 bits per heavy atom. The van der Waals surface area contributed by atoms with Gasteiger partial charge in [-0.3, -0.25) is 9.48 Å². The van der Waals surface area contributed by atoms with E-state index in [1.54, 1.807) is 0 Å². The topological polar surface area (TPSA) is 44.1 Å². The van der Waals surface area contributed by atoms with E-state index >= 15 is 0 Å². The number of methoxy groups -OCH3 is 1. The number of aromatic nitrogens is 2. The number of ketones is 1. The van der Waals surface area contributed by atoms with E-state index in [1.165, 1.54) is 7.11 Å². The van der Waals surface area contributed by atoms with Gasteiger partial charge in [0.05, 0.1) is 15.9 Å². The van der Waals surface area contributed by atoms with Crippen LogP contribution in [0.4, 0.5) is 0 Å². The van der Waals surface area contributed by atoms with Crippen LogP contribution in [0.15, 0.2) is 4.47 Å². The highest BCUT2D eigenvalue weighted by Gasteiger charge is 2.13. The Balaban J connectivity index is 2.66. The number of carbonyl (C=O) groups is 1. The Hall–Kier alpha value is -0.680. The van der Waals surface area contributed by atoms with Gasteiger partial charge in [0.2, 0.25) is 0 Å². The maximum atomic E-state index is 11.3. The van der Waals surface area contributed by atoms with Crippen LogP contribution in [0.2, 0.25) is 0 Å². The molecule has 0 fully saturated rings. The van der Waals surface area contributed by atoms with Crippen molar-refractivity contribution in [3.05, 3.63) is 15.9 Å². The van der Waals surface area contributed by atoms with Crippen LogP contribution in [0.3, 0.4) is 0 Å². The van der Waals surface area contributed by atoms with Crippen molar-refractivity contribution in [1.29, 1.82) is 0 Å². The molecule has 0 saturated heterocycles. The quantitative estimate of drug-likeness (QED) is 0.803. The van der Waals surface area contributed by atoms with E-state index in [2.05, 4.69) is 28.0 Å². The summed E-state index contributed by atoms with van der Waals surface area (Å²) in [4.78, 5) is 11.3. The van der Waals surface area contributed by atoms with Crippen molar-refractivity contribution >= 4 is 21.7 Å². The normalized spacial score (nSPS) is 10.8. The molecule has 1 aromatic heterocycles. The van der Waals surface area contributed by atoms with E-state index in [4.69, 9.17) is 4.74 Å². The van der Waals surface area contributed by atoms with E-state index in [1.807, 2.05) is 11.7 Å². The molecule has 0 atom stereocenters. The predicted molar refractivity (Wildman–Crippen MR) is 65.5 cm³/mol. The Morgan fingerprint density at radius 1 is 1.56 bits per heavy atom. The molecule has 0 aliphatic rings. The first-order chi connectivity index (χ1) is 7.60. The zero-order chi connectivity index (χ0) is 12.1. The SMILES string of the molecule is CCc1nn(C)c(CCC(=O)COC)c1Br. The Labute approximate surface area is 104 Å².